The van der Waals surface area contributed by atoms with Gasteiger partial charge in [0.25, 0.3) is 5.56 Å². The molecule has 1 aromatic rings. The van der Waals surface area contributed by atoms with Crippen LogP contribution in [0.15, 0.2) is 15.8 Å². The Morgan fingerprint density at radius 3 is 2.52 bits per heavy atom. The van der Waals surface area contributed by atoms with E-state index in [0.717, 1.165) is 0 Å². The molecule has 1 aliphatic rings. The molecular weight excluding hydrogens is 354 g/mol. The van der Waals surface area contributed by atoms with Gasteiger partial charge < -0.3 is 14.3 Å². The highest BCUT2D eigenvalue weighted by atomic mass is 28.4. The minimum Gasteiger partial charge on any atom is -0.408 e. The molecule has 7 nitrogen and oxygen atoms in total. The molecule has 1 saturated heterocycles. The standard InChI is InChI=1S/C15H24F2N2O5Si/c1-15(2,3)25(4,5)24-11-9(7-20)23-13(10(11)17)19-6-8(16)12(21)18-14(19)22/h6,9-11,13,20H,7H2,1-5H3,(H,18,21,22)/t9-,10+,11-,13-/m1/s1. The van der Waals surface area contributed by atoms with E-state index in [1.165, 1.54) is 0 Å². The van der Waals surface area contributed by atoms with Gasteiger partial charge in [0.05, 0.1) is 12.8 Å². The summed E-state index contributed by atoms with van der Waals surface area (Å²) in [4.78, 5) is 24.8. The van der Waals surface area contributed by atoms with E-state index >= 15 is 0 Å². The predicted octanol–water partition coefficient (Wildman–Crippen LogP) is 1.29. The lowest BCUT2D eigenvalue weighted by atomic mass is 10.1. The van der Waals surface area contributed by atoms with Gasteiger partial charge in [0.15, 0.2) is 20.7 Å². The van der Waals surface area contributed by atoms with Gasteiger partial charge in [0.2, 0.25) is 5.82 Å². The third-order valence-electron chi connectivity index (χ3n) is 4.88. The minimum absolute atomic E-state index is 0.203. The van der Waals surface area contributed by atoms with Crippen LogP contribution in [0.5, 0.6) is 0 Å². The van der Waals surface area contributed by atoms with E-state index in [1.807, 2.05) is 33.9 Å². The summed E-state index contributed by atoms with van der Waals surface area (Å²) in [5, 5.41) is 9.31. The number of rotatable bonds is 4. The van der Waals surface area contributed by atoms with Gasteiger partial charge in [-0.25, -0.2) is 9.18 Å². The van der Waals surface area contributed by atoms with Crippen LogP contribution in [0.25, 0.3) is 0 Å². The molecule has 25 heavy (non-hydrogen) atoms. The predicted molar refractivity (Wildman–Crippen MR) is 89.2 cm³/mol. The van der Waals surface area contributed by atoms with Gasteiger partial charge >= 0.3 is 5.69 Å². The van der Waals surface area contributed by atoms with Crippen LogP contribution in [0.1, 0.15) is 27.0 Å². The summed E-state index contributed by atoms with van der Waals surface area (Å²) in [6, 6.07) is 0. The SMILES string of the molecule is CC(C)(C)[Si](C)(C)O[C@H]1[C@H](F)[C@H](n2cc(F)c(=O)[nH]c2=O)O[C@@H]1CO. The van der Waals surface area contributed by atoms with Crippen LogP contribution in [0.2, 0.25) is 18.1 Å². The van der Waals surface area contributed by atoms with E-state index in [0.29, 0.717) is 10.8 Å². The highest BCUT2D eigenvalue weighted by Crippen LogP contribution is 2.41. The van der Waals surface area contributed by atoms with Crippen LogP contribution in [0, 0.1) is 5.82 Å². The zero-order valence-corrected chi connectivity index (χ0v) is 15.9. The molecule has 0 bridgehead atoms. The fraction of sp³-hybridized carbons (Fsp3) is 0.733. The smallest absolute Gasteiger partial charge is 0.330 e. The van der Waals surface area contributed by atoms with Crippen molar-refractivity contribution in [2.45, 2.75) is 63.5 Å². The summed E-state index contributed by atoms with van der Waals surface area (Å²) in [6.45, 7) is 9.28. The van der Waals surface area contributed by atoms with Crippen LogP contribution in [-0.4, -0.2) is 48.0 Å². The number of aromatic nitrogens is 2. The molecule has 0 aliphatic carbocycles. The molecule has 10 heteroatoms. The van der Waals surface area contributed by atoms with Gasteiger partial charge in [-0.15, -0.1) is 0 Å². The van der Waals surface area contributed by atoms with E-state index in [2.05, 4.69) is 0 Å². The average molecular weight is 378 g/mol. The molecule has 0 amide bonds. The fourth-order valence-electron chi connectivity index (χ4n) is 2.37. The number of aliphatic hydroxyl groups excluding tert-OH is 1. The Balaban J connectivity index is 2.36. The van der Waals surface area contributed by atoms with Gasteiger partial charge in [0, 0.05) is 0 Å². The van der Waals surface area contributed by atoms with Gasteiger partial charge in [-0.05, 0) is 18.1 Å². The van der Waals surface area contributed by atoms with Crippen molar-refractivity contribution in [3.05, 3.63) is 32.9 Å². The van der Waals surface area contributed by atoms with Gasteiger partial charge in [0.1, 0.15) is 12.2 Å². The number of aliphatic hydroxyl groups is 1. The molecule has 1 fully saturated rings. The molecule has 4 atom stereocenters. The first-order chi connectivity index (χ1) is 11.4. The Morgan fingerprint density at radius 2 is 2.00 bits per heavy atom. The van der Waals surface area contributed by atoms with Crippen LogP contribution in [0.4, 0.5) is 8.78 Å². The number of H-pyrrole nitrogens is 1. The van der Waals surface area contributed by atoms with Gasteiger partial charge in [-0.1, -0.05) is 20.8 Å². The van der Waals surface area contributed by atoms with Crippen molar-refractivity contribution < 1.29 is 23.1 Å². The number of aromatic amines is 1. The Labute approximate surface area is 144 Å². The maximum absolute atomic E-state index is 15.0. The van der Waals surface area contributed by atoms with Crippen molar-refractivity contribution >= 4 is 8.32 Å². The first-order valence-corrected chi connectivity index (χ1v) is 10.9. The lowest BCUT2D eigenvalue weighted by molar-refractivity contribution is -0.0482. The summed E-state index contributed by atoms with van der Waals surface area (Å²) >= 11 is 0. The Hall–Kier alpha value is -1.36. The Kier molecular flexibility index (Phi) is 5.38. The molecule has 2 rings (SSSR count). The van der Waals surface area contributed by atoms with Crippen LogP contribution in [0.3, 0.4) is 0 Å². The van der Waals surface area contributed by atoms with Crippen LogP contribution >= 0.6 is 0 Å². The molecule has 0 unspecified atom stereocenters. The maximum atomic E-state index is 15.0. The lowest BCUT2D eigenvalue weighted by Crippen LogP contribution is -2.49. The molecule has 2 N–H and O–H groups in total. The van der Waals surface area contributed by atoms with Crippen LogP contribution < -0.4 is 11.2 Å². The van der Waals surface area contributed by atoms with Crippen molar-refractivity contribution in [1.82, 2.24) is 9.55 Å². The van der Waals surface area contributed by atoms with Gasteiger partial charge in [-0.3, -0.25) is 14.3 Å². The molecule has 1 aliphatic heterocycles. The largest absolute Gasteiger partial charge is 0.408 e. The summed E-state index contributed by atoms with van der Waals surface area (Å²) in [7, 11) is -2.38. The van der Waals surface area contributed by atoms with E-state index < -0.39 is 56.6 Å². The molecule has 0 aromatic carbocycles. The molecule has 142 valence electrons. The number of nitrogens with zero attached hydrogens (tertiary/aromatic N) is 1. The summed E-state index contributed by atoms with van der Waals surface area (Å²) in [5.74, 6) is -1.23. The third kappa shape index (κ3) is 3.76. The molecular formula is C15H24F2N2O5Si. The number of ether oxygens (including phenoxy) is 1. The number of hydrogen-bond acceptors (Lipinski definition) is 5. The second-order valence-electron chi connectivity index (χ2n) is 7.68. The topological polar surface area (TPSA) is 93.6 Å². The van der Waals surface area contributed by atoms with E-state index in [4.69, 9.17) is 9.16 Å². The highest BCUT2D eigenvalue weighted by Gasteiger charge is 2.51. The molecule has 0 saturated carbocycles. The number of alkyl halides is 1. The number of nitrogens with one attached hydrogen (secondary N) is 1. The average Bonchev–Trinajstić information content (AvgIpc) is 2.78. The minimum atomic E-state index is -2.38. The molecule has 0 radical (unpaired) electrons. The highest BCUT2D eigenvalue weighted by molar-refractivity contribution is 6.74. The van der Waals surface area contributed by atoms with Crippen LogP contribution in [-0.2, 0) is 9.16 Å². The number of hydrogen-bond donors (Lipinski definition) is 2. The second-order valence-corrected chi connectivity index (χ2v) is 12.4. The quantitative estimate of drug-likeness (QED) is 0.770. The summed E-state index contributed by atoms with van der Waals surface area (Å²) < 4.78 is 40.5. The molecule has 2 heterocycles. The number of halogens is 2. The van der Waals surface area contributed by atoms with Gasteiger partial charge in [-0.2, -0.15) is 4.39 Å². The summed E-state index contributed by atoms with van der Waals surface area (Å²) in [6.07, 6.45) is -4.81. The van der Waals surface area contributed by atoms with Crippen molar-refractivity contribution in [2.75, 3.05) is 6.61 Å². The third-order valence-corrected chi connectivity index (χ3v) is 9.36. The normalized spacial score (nSPS) is 27.7. The lowest BCUT2D eigenvalue weighted by Gasteiger charge is -2.39. The Morgan fingerprint density at radius 1 is 1.40 bits per heavy atom. The first kappa shape index (κ1) is 20.0. The maximum Gasteiger partial charge on any atom is 0.330 e. The zero-order valence-electron chi connectivity index (χ0n) is 14.9. The monoisotopic (exact) mass is 378 g/mol. The van der Waals surface area contributed by atoms with E-state index in [-0.39, 0.29) is 5.04 Å². The van der Waals surface area contributed by atoms with Crippen molar-refractivity contribution in [1.29, 1.82) is 0 Å². The summed E-state index contributed by atoms with van der Waals surface area (Å²) in [5.41, 5.74) is -2.19. The van der Waals surface area contributed by atoms with E-state index in [1.54, 1.807) is 4.98 Å². The van der Waals surface area contributed by atoms with Crippen molar-refractivity contribution in [2.24, 2.45) is 0 Å². The van der Waals surface area contributed by atoms with Crippen molar-refractivity contribution in [3.8, 4) is 0 Å². The molecule has 1 aromatic heterocycles. The first-order valence-electron chi connectivity index (χ1n) is 7.98. The second kappa shape index (κ2) is 6.75. The molecule has 0 spiro atoms. The van der Waals surface area contributed by atoms with E-state index in [9.17, 15) is 23.5 Å². The van der Waals surface area contributed by atoms with Crippen molar-refractivity contribution in [3.63, 3.8) is 0 Å². The fourth-order valence-corrected chi connectivity index (χ4v) is 3.69. The zero-order chi connectivity index (χ0) is 19.2. The Bertz CT molecular complexity index is 743.